The van der Waals surface area contributed by atoms with E-state index in [1.807, 2.05) is 0 Å². The highest BCUT2D eigenvalue weighted by Gasteiger charge is 2.42. The molecule has 1 aliphatic rings. The van der Waals surface area contributed by atoms with Crippen LogP contribution in [0, 0.1) is 5.92 Å². The predicted molar refractivity (Wildman–Crippen MR) is 77.3 cm³/mol. The van der Waals surface area contributed by atoms with Gasteiger partial charge in [0.1, 0.15) is 0 Å². The predicted octanol–water partition coefficient (Wildman–Crippen LogP) is 1.86. The molecule has 2 heterocycles. The summed E-state index contributed by atoms with van der Waals surface area (Å²) >= 11 is 0. The number of piperidine rings is 1. The topological polar surface area (TPSA) is 71.2 Å². The molecule has 9 heteroatoms. The zero-order valence-electron chi connectivity index (χ0n) is 12.9. The lowest BCUT2D eigenvalue weighted by molar-refractivity contribution is -0.188. The summed E-state index contributed by atoms with van der Waals surface area (Å²) in [6, 6.07) is -0.339. The largest absolute Gasteiger partial charge is 0.393 e. The molecular formula is C13H21F3N6. The van der Waals surface area contributed by atoms with Gasteiger partial charge in [-0.15, -0.1) is 0 Å². The van der Waals surface area contributed by atoms with Gasteiger partial charge < -0.3 is 10.6 Å². The summed E-state index contributed by atoms with van der Waals surface area (Å²) in [6.07, 6.45) is -3.48. The Kier molecular flexibility index (Phi) is 4.74. The van der Waals surface area contributed by atoms with E-state index < -0.39 is 12.1 Å². The van der Waals surface area contributed by atoms with Gasteiger partial charge in [0.15, 0.2) is 5.82 Å². The van der Waals surface area contributed by atoms with Gasteiger partial charge in [-0.1, -0.05) is 0 Å². The first-order valence-corrected chi connectivity index (χ1v) is 7.18. The van der Waals surface area contributed by atoms with E-state index in [1.54, 1.807) is 30.8 Å². The zero-order valence-corrected chi connectivity index (χ0v) is 12.9. The molecule has 1 fully saturated rings. The molecule has 2 N–H and O–H groups in total. The Morgan fingerprint density at radius 1 is 1.27 bits per heavy atom. The lowest BCUT2D eigenvalue weighted by Gasteiger charge is -2.36. The number of hydrogen-bond acceptors (Lipinski definition) is 6. The number of nitrogen functional groups attached to an aromatic ring is 1. The van der Waals surface area contributed by atoms with Crippen LogP contribution in [0.1, 0.15) is 31.6 Å². The summed E-state index contributed by atoms with van der Waals surface area (Å²) in [5, 5.41) is 0. The first kappa shape index (κ1) is 16.7. The van der Waals surface area contributed by atoms with Gasteiger partial charge in [-0.3, -0.25) is 4.90 Å². The molecule has 1 saturated heterocycles. The normalized spacial score (nSPS) is 21.6. The minimum Gasteiger partial charge on any atom is -0.368 e. The van der Waals surface area contributed by atoms with Crippen LogP contribution in [-0.4, -0.2) is 53.2 Å². The lowest BCUT2D eigenvalue weighted by atomic mass is 9.96. The Bertz CT molecular complexity index is 519. The SMILES string of the molecule is C[C@H](c1nc(N)nc(N(C)C)n1)N1CCC[C@@H](C(F)(F)F)C1. The summed E-state index contributed by atoms with van der Waals surface area (Å²) in [5.41, 5.74) is 5.67. The summed E-state index contributed by atoms with van der Waals surface area (Å²) in [7, 11) is 3.54. The van der Waals surface area contributed by atoms with Crippen LogP contribution >= 0.6 is 0 Å². The third-order valence-electron chi connectivity index (χ3n) is 3.90. The van der Waals surface area contributed by atoms with Crippen LogP contribution in [0.4, 0.5) is 25.1 Å². The molecule has 1 aliphatic heterocycles. The Labute approximate surface area is 127 Å². The molecule has 0 radical (unpaired) electrons. The fourth-order valence-electron chi connectivity index (χ4n) is 2.57. The average Bonchev–Trinajstić information content (AvgIpc) is 2.45. The van der Waals surface area contributed by atoms with Crippen LogP contribution in [0.15, 0.2) is 0 Å². The smallest absolute Gasteiger partial charge is 0.368 e. The molecule has 0 aliphatic carbocycles. The Morgan fingerprint density at radius 3 is 2.55 bits per heavy atom. The number of aromatic nitrogens is 3. The molecule has 2 rings (SSSR count). The molecular weight excluding hydrogens is 297 g/mol. The van der Waals surface area contributed by atoms with Crippen molar-refractivity contribution in [3.05, 3.63) is 5.82 Å². The van der Waals surface area contributed by atoms with E-state index in [0.717, 1.165) is 0 Å². The molecule has 0 saturated carbocycles. The average molecular weight is 318 g/mol. The third-order valence-corrected chi connectivity index (χ3v) is 3.90. The van der Waals surface area contributed by atoms with E-state index in [9.17, 15) is 13.2 Å². The monoisotopic (exact) mass is 318 g/mol. The van der Waals surface area contributed by atoms with Crippen LogP contribution in [0.3, 0.4) is 0 Å². The number of nitrogens with zero attached hydrogens (tertiary/aromatic N) is 5. The van der Waals surface area contributed by atoms with Gasteiger partial charge in [0.2, 0.25) is 11.9 Å². The van der Waals surface area contributed by atoms with Gasteiger partial charge in [0, 0.05) is 20.6 Å². The number of alkyl halides is 3. The Hall–Kier alpha value is -1.64. The first-order valence-electron chi connectivity index (χ1n) is 7.18. The highest BCUT2D eigenvalue weighted by Crippen LogP contribution is 2.35. The number of likely N-dealkylation sites (tertiary alicyclic amines) is 1. The van der Waals surface area contributed by atoms with E-state index in [0.29, 0.717) is 24.7 Å². The van der Waals surface area contributed by atoms with E-state index in [-0.39, 0.29) is 25.0 Å². The maximum Gasteiger partial charge on any atom is 0.393 e. The molecule has 0 bridgehead atoms. The summed E-state index contributed by atoms with van der Waals surface area (Å²) < 4.78 is 38.8. The Balaban J connectivity index is 2.19. The standard InChI is InChI=1S/C13H21F3N6/c1-8(10-18-11(17)20-12(19-10)21(2)3)22-6-4-5-9(7-22)13(14,15)16/h8-9H,4-7H2,1-3H3,(H2,17,18,19,20)/t8-,9-/m1/s1. The molecule has 124 valence electrons. The van der Waals surface area contributed by atoms with Crippen LogP contribution in [0.2, 0.25) is 0 Å². The summed E-state index contributed by atoms with van der Waals surface area (Å²) in [4.78, 5) is 15.8. The van der Waals surface area contributed by atoms with Crippen LogP contribution in [0.25, 0.3) is 0 Å². The van der Waals surface area contributed by atoms with Gasteiger partial charge in [-0.05, 0) is 26.3 Å². The molecule has 2 atom stereocenters. The van der Waals surface area contributed by atoms with Crippen molar-refractivity contribution in [3.63, 3.8) is 0 Å². The zero-order chi connectivity index (χ0) is 16.5. The second-order valence-electron chi connectivity index (χ2n) is 5.80. The maximum atomic E-state index is 12.9. The quantitative estimate of drug-likeness (QED) is 0.917. The van der Waals surface area contributed by atoms with Crippen molar-refractivity contribution >= 4 is 11.9 Å². The molecule has 6 nitrogen and oxygen atoms in total. The number of halogens is 3. The Morgan fingerprint density at radius 2 is 1.95 bits per heavy atom. The summed E-state index contributed by atoms with van der Waals surface area (Å²) in [5.74, 6) is -0.418. The fraction of sp³-hybridized carbons (Fsp3) is 0.769. The minimum absolute atomic E-state index is 0.0342. The number of hydrogen-bond donors (Lipinski definition) is 1. The fourth-order valence-corrected chi connectivity index (χ4v) is 2.57. The second kappa shape index (κ2) is 6.23. The van der Waals surface area contributed by atoms with Gasteiger partial charge in [-0.2, -0.15) is 28.1 Å². The molecule has 0 spiro atoms. The minimum atomic E-state index is -4.16. The maximum absolute atomic E-state index is 12.9. The second-order valence-corrected chi connectivity index (χ2v) is 5.80. The van der Waals surface area contributed by atoms with Gasteiger partial charge >= 0.3 is 6.18 Å². The highest BCUT2D eigenvalue weighted by molar-refractivity contribution is 5.33. The number of nitrogens with two attached hydrogens (primary N) is 1. The third kappa shape index (κ3) is 3.76. The molecule has 0 aromatic carbocycles. The van der Waals surface area contributed by atoms with Gasteiger partial charge in [-0.25, -0.2) is 0 Å². The van der Waals surface area contributed by atoms with Crippen molar-refractivity contribution in [1.82, 2.24) is 19.9 Å². The van der Waals surface area contributed by atoms with Crippen molar-refractivity contribution < 1.29 is 13.2 Å². The van der Waals surface area contributed by atoms with Crippen molar-refractivity contribution in [2.45, 2.75) is 32.0 Å². The van der Waals surface area contributed by atoms with Crippen molar-refractivity contribution in [1.29, 1.82) is 0 Å². The van der Waals surface area contributed by atoms with Crippen molar-refractivity contribution in [2.24, 2.45) is 5.92 Å². The number of rotatable bonds is 3. The van der Waals surface area contributed by atoms with Crippen LogP contribution in [0.5, 0.6) is 0 Å². The van der Waals surface area contributed by atoms with E-state index in [1.165, 1.54) is 0 Å². The van der Waals surface area contributed by atoms with Gasteiger partial charge in [0.25, 0.3) is 0 Å². The lowest BCUT2D eigenvalue weighted by Crippen LogP contribution is -2.43. The van der Waals surface area contributed by atoms with E-state index >= 15 is 0 Å². The molecule has 22 heavy (non-hydrogen) atoms. The first-order chi connectivity index (χ1) is 10.2. The molecule has 1 aromatic rings. The van der Waals surface area contributed by atoms with Crippen LogP contribution < -0.4 is 10.6 Å². The van der Waals surface area contributed by atoms with Crippen molar-refractivity contribution in [2.75, 3.05) is 37.8 Å². The van der Waals surface area contributed by atoms with Gasteiger partial charge in [0.05, 0.1) is 12.0 Å². The molecule has 0 amide bonds. The number of anilines is 2. The van der Waals surface area contributed by atoms with Crippen molar-refractivity contribution in [3.8, 4) is 0 Å². The van der Waals surface area contributed by atoms with E-state index in [4.69, 9.17) is 5.73 Å². The van der Waals surface area contributed by atoms with E-state index in [2.05, 4.69) is 15.0 Å². The summed E-state index contributed by atoms with van der Waals surface area (Å²) in [6.45, 7) is 2.36. The highest BCUT2D eigenvalue weighted by atomic mass is 19.4. The molecule has 1 aromatic heterocycles. The molecule has 0 unspecified atom stereocenters. The van der Waals surface area contributed by atoms with Crippen LogP contribution in [-0.2, 0) is 0 Å².